The zero-order valence-corrected chi connectivity index (χ0v) is 11.4. The van der Waals surface area contributed by atoms with E-state index in [1.807, 2.05) is 20.8 Å². The van der Waals surface area contributed by atoms with Crippen LogP contribution in [-0.4, -0.2) is 41.8 Å². The number of rotatable bonds is 2. The standard InChI is InChI=1S/C13H21NO4/c1-6-10-7-14(8-11(10)17-9(2)15)12(16)18-13(3,4)5/h6,10-11H,1,7-8H2,2-5H3/t10-,11+/m1/s1. The van der Waals surface area contributed by atoms with Crippen LogP contribution >= 0.6 is 0 Å². The van der Waals surface area contributed by atoms with Crippen molar-refractivity contribution in [2.45, 2.75) is 39.4 Å². The van der Waals surface area contributed by atoms with E-state index in [1.165, 1.54) is 6.92 Å². The van der Waals surface area contributed by atoms with E-state index < -0.39 is 5.60 Å². The van der Waals surface area contributed by atoms with E-state index in [9.17, 15) is 9.59 Å². The normalized spacial score (nSPS) is 23.7. The molecule has 1 fully saturated rings. The van der Waals surface area contributed by atoms with Crippen LogP contribution in [0.2, 0.25) is 0 Å². The molecule has 0 aromatic heterocycles. The van der Waals surface area contributed by atoms with Gasteiger partial charge in [0.2, 0.25) is 0 Å². The Morgan fingerprint density at radius 3 is 2.39 bits per heavy atom. The number of amides is 1. The van der Waals surface area contributed by atoms with E-state index in [4.69, 9.17) is 9.47 Å². The van der Waals surface area contributed by atoms with E-state index in [0.717, 1.165) is 0 Å². The second kappa shape index (κ2) is 5.42. The maximum Gasteiger partial charge on any atom is 0.410 e. The molecule has 102 valence electrons. The lowest BCUT2D eigenvalue weighted by atomic mass is 10.1. The van der Waals surface area contributed by atoms with E-state index in [-0.39, 0.29) is 24.1 Å². The molecule has 0 aromatic carbocycles. The molecule has 0 radical (unpaired) electrons. The Hall–Kier alpha value is -1.52. The molecule has 18 heavy (non-hydrogen) atoms. The summed E-state index contributed by atoms with van der Waals surface area (Å²) in [6.07, 6.45) is 0.995. The molecule has 1 amide bonds. The second-order valence-corrected chi connectivity index (χ2v) is 5.43. The molecule has 0 N–H and O–H groups in total. The Morgan fingerprint density at radius 1 is 1.33 bits per heavy atom. The van der Waals surface area contributed by atoms with Gasteiger partial charge in [-0.05, 0) is 20.8 Å². The molecule has 1 aliphatic heterocycles. The number of hydrogen-bond acceptors (Lipinski definition) is 4. The molecule has 0 saturated carbocycles. The van der Waals surface area contributed by atoms with Crippen LogP contribution in [0.4, 0.5) is 4.79 Å². The fourth-order valence-corrected chi connectivity index (χ4v) is 1.84. The van der Waals surface area contributed by atoms with Crippen LogP contribution in [-0.2, 0) is 14.3 Å². The van der Waals surface area contributed by atoms with Crippen molar-refractivity contribution >= 4 is 12.1 Å². The summed E-state index contributed by atoms with van der Waals surface area (Å²) in [7, 11) is 0. The van der Waals surface area contributed by atoms with Gasteiger partial charge >= 0.3 is 12.1 Å². The van der Waals surface area contributed by atoms with Gasteiger partial charge in [-0.15, -0.1) is 6.58 Å². The zero-order valence-electron chi connectivity index (χ0n) is 11.4. The topological polar surface area (TPSA) is 55.8 Å². The molecular formula is C13H21NO4. The van der Waals surface area contributed by atoms with Gasteiger partial charge in [-0.3, -0.25) is 4.79 Å². The number of carbonyl (C=O) groups excluding carboxylic acids is 2. The lowest BCUT2D eigenvalue weighted by Gasteiger charge is -2.24. The number of nitrogens with zero attached hydrogens (tertiary/aromatic N) is 1. The van der Waals surface area contributed by atoms with Gasteiger partial charge < -0.3 is 14.4 Å². The first kappa shape index (κ1) is 14.5. The summed E-state index contributed by atoms with van der Waals surface area (Å²) in [6, 6.07) is 0. The van der Waals surface area contributed by atoms with Crippen molar-refractivity contribution in [2.75, 3.05) is 13.1 Å². The molecular weight excluding hydrogens is 234 g/mol. The number of likely N-dealkylation sites (tertiary alicyclic amines) is 1. The smallest absolute Gasteiger partial charge is 0.410 e. The average molecular weight is 255 g/mol. The lowest BCUT2D eigenvalue weighted by Crippen LogP contribution is -2.36. The van der Waals surface area contributed by atoms with Crippen LogP contribution in [0.25, 0.3) is 0 Å². The molecule has 2 atom stereocenters. The van der Waals surface area contributed by atoms with Gasteiger partial charge in [0.15, 0.2) is 0 Å². The van der Waals surface area contributed by atoms with E-state index >= 15 is 0 Å². The summed E-state index contributed by atoms with van der Waals surface area (Å²) >= 11 is 0. The van der Waals surface area contributed by atoms with Crippen LogP contribution in [0.1, 0.15) is 27.7 Å². The number of carbonyl (C=O) groups is 2. The summed E-state index contributed by atoms with van der Waals surface area (Å²) in [5.74, 6) is -0.390. The van der Waals surface area contributed by atoms with Crippen molar-refractivity contribution in [3.63, 3.8) is 0 Å². The molecule has 1 saturated heterocycles. The Bertz CT molecular complexity index is 345. The maximum absolute atomic E-state index is 11.9. The minimum Gasteiger partial charge on any atom is -0.460 e. The van der Waals surface area contributed by atoms with Gasteiger partial charge in [0.05, 0.1) is 6.54 Å². The second-order valence-electron chi connectivity index (χ2n) is 5.43. The zero-order chi connectivity index (χ0) is 13.9. The van der Waals surface area contributed by atoms with Crippen molar-refractivity contribution in [3.8, 4) is 0 Å². The van der Waals surface area contributed by atoms with Crippen molar-refractivity contribution in [2.24, 2.45) is 5.92 Å². The predicted octanol–water partition coefficient (Wildman–Crippen LogP) is 1.97. The fraction of sp³-hybridized carbons (Fsp3) is 0.692. The van der Waals surface area contributed by atoms with Gasteiger partial charge in [-0.2, -0.15) is 0 Å². The Kier molecular flexibility index (Phi) is 4.38. The van der Waals surface area contributed by atoms with Crippen molar-refractivity contribution < 1.29 is 19.1 Å². The van der Waals surface area contributed by atoms with Crippen molar-refractivity contribution in [1.29, 1.82) is 0 Å². The molecule has 0 aliphatic carbocycles. The number of ether oxygens (including phenoxy) is 2. The van der Waals surface area contributed by atoms with E-state index in [1.54, 1.807) is 11.0 Å². The number of esters is 1. The van der Waals surface area contributed by atoms with Crippen LogP contribution < -0.4 is 0 Å². The van der Waals surface area contributed by atoms with E-state index in [0.29, 0.717) is 13.1 Å². The molecule has 1 aliphatic rings. The molecule has 0 aromatic rings. The third kappa shape index (κ3) is 4.05. The quantitative estimate of drug-likeness (QED) is 0.559. The van der Waals surface area contributed by atoms with Crippen LogP contribution in [0.5, 0.6) is 0 Å². The fourth-order valence-electron chi connectivity index (χ4n) is 1.84. The predicted molar refractivity (Wildman–Crippen MR) is 67.0 cm³/mol. The molecule has 5 nitrogen and oxygen atoms in total. The Balaban J connectivity index is 2.63. The highest BCUT2D eigenvalue weighted by Gasteiger charge is 2.37. The minimum absolute atomic E-state index is 0.0404. The highest BCUT2D eigenvalue weighted by molar-refractivity contribution is 5.69. The van der Waals surface area contributed by atoms with Crippen LogP contribution in [0.3, 0.4) is 0 Å². The third-order valence-corrected chi connectivity index (χ3v) is 2.58. The highest BCUT2D eigenvalue weighted by Crippen LogP contribution is 2.23. The van der Waals surface area contributed by atoms with E-state index in [2.05, 4.69) is 6.58 Å². The first-order valence-electron chi connectivity index (χ1n) is 6.00. The SMILES string of the molecule is C=C[C@@H]1CN(C(=O)OC(C)(C)C)C[C@@H]1OC(C)=O. The summed E-state index contributed by atoms with van der Waals surface area (Å²) < 4.78 is 10.4. The molecule has 1 rings (SSSR count). The van der Waals surface area contributed by atoms with Crippen molar-refractivity contribution in [1.82, 2.24) is 4.90 Å². The first-order chi connectivity index (χ1) is 8.23. The monoisotopic (exact) mass is 255 g/mol. The van der Waals surface area contributed by atoms with Crippen molar-refractivity contribution in [3.05, 3.63) is 12.7 Å². The lowest BCUT2D eigenvalue weighted by molar-refractivity contribution is -0.146. The summed E-state index contributed by atoms with van der Waals surface area (Å²) in [5, 5.41) is 0. The molecule has 0 bridgehead atoms. The third-order valence-electron chi connectivity index (χ3n) is 2.58. The molecule has 0 spiro atoms. The van der Waals surface area contributed by atoms with Gasteiger partial charge in [0.25, 0.3) is 0 Å². The molecule has 1 heterocycles. The molecule has 5 heteroatoms. The largest absolute Gasteiger partial charge is 0.460 e. The molecule has 0 unspecified atom stereocenters. The summed E-state index contributed by atoms with van der Waals surface area (Å²) in [6.45, 7) is 11.3. The summed E-state index contributed by atoms with van der Waals surface area (Å²) in [5.41, 5.74) is -0.528. The van der Waals surface area contributed by atoms with Gasteiger partial charge in [0, 0.05) is 19.4 Å². The first-order valence-corrected chi connectivity index (χ1v) is 6.00. The van der Waals surface area contributed by atoms with Gasteiger partial charge in [0.1, 0.15) is 11.7 Å². The van der Waals surface area contributed by atoms with Gasteiger partial charge in [-0.25, -0.2) is 4.79 Å². The Morgan fingerprint density at radius 2 is 1.94 bits per heavy atom. The number of hydrogen-bond donors (Lipinski definition) is 0. The Labute approximate surface area is 108 Å². The maximum atomic E-state index is 11.9. The van der Waals surface area contributed by atoms with Gasteiger partial charge in [-0.1, -0.05) is 6.08 Å². The average Bonchev–Trinajstić information content (AvgIpc) is 2.57. The van der Waals surface area contributed by atoms with Crippen LogP contribution in [0.15, 0.2) is 12.7 Å². The van der Waals surface area contributed by atoms with Crippen LogP contribution in [0, 0.1) is 5.92 Å². The minimum atomic E-state index is -0.528. The highest BCUT2D eigenvalue weighted by atomic mass is 16.6. The summed E-state index contributed by atoms with van der Waals surface area (Å²) in [4.78, 5) is 24.4.